The van der Waals surface area contributed by atoms with E-state index in [2.05, 4.69) is 22.4 Å². The van der Waals surface area contributed by atoms with Crippen molar-refractivity contribution < 1.29 is 5.11 Å². The molecule has 0 saturated carbocycles. The van der Waals surface area contributed by atoms with Gasteiger partial charge in [0.25, 0.3) is 0 Å². The Hall–Kier alpha value is -0.160. The monoisotopic (exact) mass is 173 g/mol. The van der Waals surface area contributed by atoms with Crippen molar-refractivity contribution in [1.29, 1.82) is 0 Å². The molecule has 1 heterocycles. The third-order valence-corrected chi connectivity index (χ3v) is 2.17. The lowest BCUT2D eigenvalue weighted by Gasteiger charge is -2.32. The van der Waals surface area contributed by atoms with Crippen molar-refractivity contribution in [2.45, 2.75) is 6.42 Å². The predicted molar refractivity (Wildman–Crippen MR) is 48.8 cm³/mol. The summed E-state index contributed by atoms with van der Waals surface area (Å²) in [6, 6.07) is 0. The van der Waals surface area contributed by atoms with Gasteiger partial charge in [-0.15, -0.1) is 0 Å². The Morgan fingerprint density at radius 2 is 1.92 bits per heavy atom. The number of hydrogen-bond acceptors (Lipinski definition) is 4. The van der Waals surface area contributed by atoms with Crippen LogP contribution in [0.25, 0.3) is 0 Å². The molecule has 0 aliphatic carbocycles. The highest BCUT2D eigenvalue weighted by atomic mass is 16.3. The van der Waals surface area contributed by atoms with Gasteiger partial charge in [-0.05, 0) is 13.5 Å². The largest absolute Gasteiger partial charge is 0.396 e. The van der Waals surface area contributed by atoms with Gasteiger partial charge in [-0.25, -0.2) is 5.01 Å². The number of likely N-dealkylation sites (N-methyl/N-ethyl adjacent to an activating group) is 1. The fraction of sp³-hybridized carbons (Fsp3) is 1.00. The molecule has 4 nitrogen and oxygen atoms in total. The van der Waals surface area contributed by atoms with Gasteiger partial charge in [-0.2, -0.15) is 0 Å². The van der Waals surface area contributed by atoms with Gasteiger partial charge in [0.2, 0.25) is 0 Å². The van der Waals surface area contributed by atoms with E-state index in [1.165, 1.54) is 0 Å². The number of nitrogens with one attached hydrogen (secondary N) is 1. The van der Waals surface area contributed by atoms with Crippen molar-refractivity contribution in [2.75, 3.05) is 46.4 Å². The molecule has 1 saturated heterocycles. The molecule has 0 aromatic carbocycles. The minimum absolute atomic E-state index is 0.279. The first-order valence-electron chi connectivity index (χ1n) is 4.61. The molecule has 12 heavy (non-hydrogen) atoms. The number of nitrogens with zero attached hydrogens (tertiary/aromatic N) is 2. The molecule has 2 N–H and O–H groups in total. The van der Waals surface area contributed by atoms with Crippen LogP contribution < -0.4 is 5.43 Å². The molecule has 1 aliphatic heterocycles. The van der Waals surface area contributed by atoms with Crippen LogP contribution in [0.3, 0.4) is 0 Å². The molecule has 0 spiro atoms. The van der Waals surface area contributed by atoms with E-state index >= 15 is 0 Å². The van der Waals surface area contributed by atoms with Crippen molar-refractivity contribution in [3.63, 3.8) is 0 Å². The van der Waals surface area contributed by atoms with Crippen LogP contribution in [-0.4, -0.2) is 61.4 Å². The van der Waals surface area contributed by atoms with E-state index < -0.39 is 0 Å². The minimum atomic E-state index is 0.279. The summed E-state index contributed by atoms with van der Waals surface area (Å²) in [5.74, 6) is 0. The molecule has 0 radical (unpaired) electrons. The fourth-order valence-electron chi connectivity index (χ4n) is 1.28. The van der Waals surface area contributed by atoms with Crippen LogP contribution in [0.5, 0.6) is 0 Å². The maximum Gasteiger partial charge on any atom is 0.0443 e. The SMILES string of the molecule is CN1CCN(NCCCO)CC1. The summed E-state index contributed by atoms with van der Waals surface area (Å²) in [7, 11) is 2.14. The molecule has 0 amide bonds. The maximum absolute atomic E-state index is 8.57. The van der Waals surface area contributed by atoms with E-state index in [4.69, 9.17) is 5.11 Å². The Labute approximate surface area is 74.1 Å². The van der Waals surface area contributed by atoms with Crippen LogP contribution in [0.1, 0.15) is 6.42 Å². The predicted octanol–water partition coefficient (Wildman–Crippen LogP) is -0.879. The average molecular weight is 173 g/mol. The van der Waals surface area contributed by atoms with Crippen LogP contribution >= 0.6 is 0 Å². The van der Waals surface area contributed by atoms with Crippen molar-refractivity contribution >= 4 is 0 Å². The maximum atomic E-state index is 8.57. The highest BCUT2D eigenvalue weighted by Gasteiger charge is 2.11. The van der Waals surface area contributed by atoms with E-state index in [0.717, 1.165) is 39.1 Å². The van der Waals surface area contributed by atoms with Gasteiger partial charge in [0.15, 0.2) is 0 Å². The van der Waals surface area contributed by atoms with E-state index in [1.807, 2.05) is 0 Å². The van der Waals surface area contributed by atoms with Crippen LogP contribution in [0.4, 0.5) is 0 Å². The number of hydrazine groups is 1. The molecule has 0 bridgehead atoms. The zero-order valence-corrected chi connectivity index (χ0v) is 7.79. The smallest absolute Gasteiger partial charge is 0.0443 e. The van der Waals surface area contributed by atoms with Gasteiger partial charge in [0.05, 0.1) is 0 Å². The van der Waals surface area contributed by atoms with Crippen LogP contribution in [0.2, 0.25) is 0 Å². The quantitative estimate of drug-likeness (QED) is 0.542. The molecule has 1 aliphatic rings. The first-order valence-corrected chi connectivity index (χ1v) is 4.61. The lowest BCUT2D eigenvalue weighted by Crippen LogP contribution is -2.50. The summed E-state index contributed by atoms with van der Waals surface area (Å²) in [5.41, 5.74) is 3.29. The summed E-state index contributed by atoms with van der Waals surface area (Å²) in [6.45, 7) is 5.60. The second kappa shape index (κ2) is 5.48. The van der Waals surface area contributed by atoms with Gasteiger partial charge >= 0.3 is 0 Å². The molecule has 0 atom stereocenters. The second-order valence-electron chi connectivity index (χ2n) is 3.28. The Kier molecular flexibility index (Phi) is 4.53. The highest BCUT2D eigenvalue weighted by molar-refractivity contribution is 4.65. The Morgan fingerprint density at radius 1 is 1.25 bits per heavy atom. The molecule has 0 aromatic rings. The highest BCUT2D eigenvalue weighted by Crippen LogP contribution is 1.94. The van der Waals surface area contributed by atoms with E-state index in [1.54, 1.807) is 0 Å². The zero-order chi connectivity index (χ0) is 8.81. The first kappa shape index (κ1) is 9.92. The second-order valence-corrected chi connectivity index (χ2v) is 3.28. The number of aliphatic hydroxyl groups is 1. The Morgan fingerprint density at radius 3 is 2.50 bits per heavy atom. The van der Waals surface area contributed by atoms with Crippen LogP contribution in [-0.2, 0) is 0 Å². The number of hydrogen-bond donors (Lipinski definition) is 2. The van der Waals surface area contributed by atoms with Gasteiger partial charge in [0.1, 0.15) is 0 Å². The van der Waals surface area contributed by atoms with Crippen LogP contribution in [0, 0.1) is 0 Å². The van der Waals surface area contributed by atoms with E-state index in [9.17, 15) is 0 Å². The zero-order valence-electron chi connectivity index (χ0n) is 7.79. The van der Waals surface area contributed by atoms with Gasteiger partial charge in [0, 0.05) is 39.3 Å². The van der Waals surface area contributed by atoms with Crippen molar-refractivity contribution in [1.82, 2.24) is 15.3 Å². The van der Waals surface area contributed by atoms with E-state index in [0.29, 0.717) is 0 Å². The first-order chi connectivity index (χ1) is 5.83. The third-order valence-electron chi connectivity index (χ3n) is 2.17. The third kappa shape index (κ3) is 3.49. The molecule has 1 fully saturated rings. The lowest BCUT2D eigenvalue weighted by atomic mass is 10.4. The Bertz CT molecular complexity index is 113. The Balaban J connectivity index is 2.01. The molecular weight excluding hydrogens is 154 g/mol. The summed E-state index contributed by atoms with van der Waals surface area (Å²) in [4.78, 5) is 2.32. The van der Waals surface area contributed by atoms with Gasteiger partial charge in [-0.3, -0.25) is 5.43 Å². The number of rotatable bonds is 4. The summed E-state index contributed by atoms with van der Waals surface area (Å²) in [5, 5.41) is 10.8. The van der Waals surface area contributed by atoms with Gasteiger partial charge < -0.3 is 10.0 Å². The van der Waals surface area contributed by atoms with Crippen molar-refractivity contribution in [3.8, 4) is 0 Å². The van der Waals surface area contributed by atoms with Crippen molar-refractivity contribution in [3.05, 3.63) is 0 Å². The van der Waals surface area contributed by atoms with Gasteiger partial charge in [-0.1, -0.05) is 0 Å². The molecule has 0 unspecified atom stereocenters. The summed E-state index contributed by atoms with van der Waals surface area (Å²) in [6.07, 6.45) is 0.840. The fourth-order valence-corrected chi connectivity index (χ4v) is 1.28. The van der Waals surface area contributed by atoms with Crippen LogP contribution in [0.15, 0.2) is 0 Å². The minimum Gasteiger partial charge on any atom is -0.396 e. The normalized spacial score (nSPS) is 21.5. The topological polar surface area (TPSA) is 38.7 Å². The number of aliphatic hydroxyl groups excluding tert-OH is 1. The summed E-state index contributed by atoms with van der Waals surface area (Å²) < 4.78 is 0. The molecule has 4 heteroatoms. The standard InChI is InChI=1S/C8H19N3O/c1-10-4-6-11(7-5-10)9-3-2-8-12/h9,12H,2-8H2,1H3. The lowest BCUT2D eigenvalue weighted by molar-refractivity contribution is 0.101. The average Bonchev–Trinajstić information content (AvgIpc) is 2.09. The van der Waals surface area contributed by atoms with Crippen molar-refractivity contribution in [2.24, 2.45) is 0 Å². The number of piperazine rings is 1. The summed E-state index contributed by atoms with van der Waals surface area (Å²) >= 11 is 0. The molecule has 0 aromatic heterocycles. The van der Waals surface area contributed by atoms with E-state index in [-0.39, 0.29) is 6.61 Å². The molecule has 72 valence electrons. The molecule has 1 rings (SSSR count). The molecular formula is C8H19N3O.